The third kappa shape index (κ3) is 2.86. The maximum Gasteiger partial charge on any atom is 0.266 e. The second kappa shape index (κ2) is 5.76. The van der Waals surface area contributed by atoms with Crippen LogP contribution < -0.4 is 5.32 Å². The van der Waals surface area contributed by atoms with E-state index in [1.807, 2.05) is 59.6 Å². The number of thiophene rings is 1. The van der Waals surface area contributed by atoms with Crippen LogP contribution in [0.25, 0.3) is 5.69 Å². The minimum absolute atomic E-state index is 0.0989. The first-order valence-corrected chi connectivity index (χ1v) is 7.69. The fraction of sp³-hybridized carbons (Fsp3) is 0.0625. The predicted octanol–water partition coefficient (Wildman–Crippen LogP) is 4.75. The van der Waals surface area contributed by atoms with Gasteiger partial charge in [-0.05, 0) is 54.3 Å². The number of nitrogens with zero attached hydrogens (tertiary/aromatic N) is 1. The van der Waals surface area contributed by atoms with Gasteiger partial charge in [0.05, 0.1) is 16.3 Å². The number of carbonyl (C=O) groups excluding carboxylic acids is 1. The normalized spacial score (nSPS) is 10.6. The predicted molar refractivity (Wildman–Crippen MR) is 87.8 cm³/mol. The Labute approximate surface area is 131 Å². The summed E-state index contributed by atoms with van der Waals surface area (Å²) in [4.78, 5) is 13.1. The first kappa shape index (κ1) is 13.9. The number of halogens is 1. The number of aryl methyl sites for hydroxylation is 1. The number of nitrogens with one attached hydrogen (secondary N) is 1. The van der Waals surface area contributed by atoms with Crippen LogP contribution >= 0.6 is 22.9 Å². The van der Waals surface area contributed by atoms with Crippen LogP contribution in [0.4, 0.5) is 5.69 Å². The van der Waals surface area contributed by atoms with E-state index in [2.05, 4.69) is 5.32 Å². The van der Waals surface area contributed by atoms with Crippen molar-refractivity contribution in [3.8, 4) is 5.69 Å². The van der Waals surface area contributed by atoms with Gasteiger partial charge in [-0.1, -0.05) is 11.6 Å². The van der Waals surface area contributed by atoms with Crippen molar-refractivity contribution in [1.82, 2.24) is 4.57 Å². The summed E-state index contributed by atoms with van der Waals surface area (Å²) in [6.45, 7) is 1.93. The van der Waals surface area contributed by atoms with Crippen molar-refractivity contribution in [3.05, 3.63) is 69.6 Å². The Morgan fingerprint density at radius 1 is 1.24 bits per heavy atom. The Balaban J connectivity index is 1.96. The van der Waals surface area contributed by atoms with Crippen LogP contribution in [0.15, 0.2) is 54.2 Å². The number of rotatable bonds is 3. The molecule has 2 aromatic heterocycles. The molecule has 1 amide bonds. The number of benzene rings is 1. The van der Waals surface area contributed by atoms with Crippen LogP contribution in [0.2, 0.25) is 5.02 Å². The van der Waals surface area contributed by atoms with Gasteiger partial charge in [-0.3, -0.25) is 4.79 Å². The van der Waals surface area contributed by atoms with Crippen molar-refractivity contribution in [2.24, 2.45) is 0 Å². The standard InChI is InChI=1S/C16H13ClN2OS/c1-11-6-9-21-15(11)16(20)18-13-5-4-12(17)10-14(13)19-7-2-3-8-19/h2-10H,1H3,(H,18,20). The van der Waals surface area contributed by atoms with E-state index in [1.165, 1.54) is 11.3 Å². The second-order valence-corrected chi connectivity index (χ2v) is 5.99. The first-order chi connectivity index (χ1) is 10.1. The van der Waals surface area contributed by atoms with Gasteiger partial charge in [0.1, 0.15) is 0 Å². The number of aromatic nitrogens is 1. The smallest absolute Gasteiger partial charge is 0.266 e. The zero-order valence-electron chi connectivity index (χ0n) is 11.3. The zero-order valence-corrected chi connectivity index (χ0v) is 12.9. The van der Waals surface area contributed by atoms with Crippen LogP contribution in [-0.2, 0) is 0 Å². The molecule has 0 saturated carbocycles. The van der Waals surface area contributed by atoms with Crippen LogP contribution in [0, 0.1) is 6.92 Å². The number of hydrogen-bond donors (Lipinski definition) is 1. The van der Waals surface area contributed by atoms with Gasteiger partial charge < -0.3 is 9.88 Å². The Hall–Kier alpha value is -2.04. The van der Waals surface area contributed by atoms with Crippen molar-refractivity contribution in [1.29, 1.82) is 0 Å². The number of anilines is 1. The van der Waals surface area contributed by atoms with Crippen LogP contribution in [0.1, 0.15) is 15.2 Å². The number of hydrogen-bond acceptors (Lipinski definition) is 2. The minimum atomic E-state index is -0.0989. The summed E-state index contributed by atoms with van der Waals surface area (Å²) in [7, 11) is 0. The molecule has 1 aromatic carbocycles. The van der Waals surface area contributed by atoms with Gasteiger partial charge in [0.25, 0.3) is 5.91 Å². The summed E-state index contributed by atoms with van der Waals surface area (Å²) in [5.41, 5.74) is 2.55. The van der Waals surface area contributed by atoms with E-state index in [0.717, 1.165) is 21.8 Å². The van der Waals surface area contributed by atoms with E-state index in [9.17, 15) is 4.79 Å². The average Bonchev–Trinajstić information content (AvgIpc) is 3.11. The van der Waals surface area contributed by atoms with Crippen LogP contribution in [0.5, 0.6) is 0 Å². The highest BCUT2D eigenvalue weighted by atomic mass is 35.5. The summed E-state index contributed by atoms with van der Waals surface area (Å²) in [6.07, 6.45) is 3.83. The molecule has 3 rings (SSSR count). The SMILES string of the molecule is Cc1ccsc1C(=O)Nc1ccc(Cl)cc1-n1cccc1. The lowest BCUT2D eigenvalue weighted by atomic mass is 10.2. The molecule has 0 atom stereocenters. The molecule has 0 aliphatic rings. The molecule has 0 fully saturated rings. The van der Waals surface area contributed by atoms with E-state index in [4.69, 9.17) is 11.6 Å². The summed E-state index contributed by atoms with van der Waals surface area (Å²) in [5.74, 6) is -0.0989. The number of amides is 1. The fourth-order valence-electron chi connectivity index (χ4n) is 2.10. The lowest BCUT2D eigenvalue weighted by Gasteiger charge is -2.12. The van der Waals surface area contributed by atoms with Gasteiger partial charge >= 0.3 is 0 Å². The van der Waals surface area contributed by atoms with Crippen molar-refractivity contribution in [2.45, 2.75) is 6.92 Å². The topological polar surface area (TPSA) is 34.0 Å². The third-order valence-corrected chi connectivity index (χ3v) is 4.41. The molecule has 0 radical (unpaired) electrons. The molecule has 3 nitrogen and oxygen atoms in total. The molecular formula is C16H13ClN2OS. The molecule has 0 saturated heterocycles. The van der Waals surface area contributed by atoms with Gasteiger partial charge in [0.2, 0.25) is 0 Å². The largest absolute Gasteiger partial charge is 0.322 e. The molecule has 3 aromatic rings. The fourth-order valence-corrected chi connectivity index (χ4v) is 3.09. The van der Waals surface area contributed by atoms with Crippen LogP contribution in [-0.4, -0.2) is 10.5 Å². The monoisotopic (exact) mass is 316 g/mol. The van der Waals surface area contributed by atoms with E-state index in [1.54, 1.807) is 6.07 Å². The molecular weight excluding hydrogens is 304 g/mol. The maximum absolute atomic E-state index is 12.4. The molecule has 5 heteroatoms. The lowest BCUT2D eigenvalue weighted by molar-refractivity contribution is 0.103. The van der Waals surface area contributed by atoms with Gasteiger partial charge in [-0.25, -0.2) is 0 Å². The molecule has 2 heterocycles. The lowest BCUT2D eigenvalue weighted by Crippen LogP contribution is -2.13. The third-order valence-electron chi connectivity index (χ3n) is 3.16. The van der Waals surface area contributed by atoms with Crippen LogP contribution in [0.3, 0.4) is 0 Å². The summed E-state index contributed by atoms with van der Waals surface area (Å²) in [6, 6.07) is 11.2. The Bertz CT molecular complexity index is 777. The Morgan fingerprint density at radius 2 is 2.00 bits per heavy atom. The molecule has 1 N–H and O–H groups in total. The van der Waals surface area contributed by atoms with Gasteiger partial charge in [-0.15, -0.1) is 11.3 Å². The van der Waals surface area contributed by atoms with Crippen molar-refractivity contribution in [2.75, 3.05) is 5.32 Å². The molecule has 0 spiro atoms. The van der Waals surface area contributed by atoms with E-state index in [0.29, 0.717) is 5.02 Å². The summed E-state index contributed by atoms with van der Waals surface area (Å²) in [5, 5.41) is 5.51. The van der Waals surface area contributed by atoms with Gasteiger partial charge in [-0.2, -0.15) is 0 Å². The summed E-state index contributed by atoms with van der Waals surface area (Å²) >= 11 is 7.51. The van der Waals surface area contributed by atoms with Gasteiger partial charge in [0.15, 0.2) is 0 Å². The highest BCUT2D eigenvalue weighted by molar-refractivity contribution is 7.12. The van der Waals surface area contributed by atoms with E-state index in [-0.39, 0.29) is 5.91 Å². The molecule has 0 bridgehead atoms. The van der Waals surface area contributed by atoms with Crippen molar-refractivity contribution >= 4 is 34.5 Å². The Morgan fingerprint density at radius 3 is 2.67 bits per heavy atom. The highest BCUT2D eigenvalue weighted by Gasteiger charge is 2.13. The molecule has 0 unspecified atom stereocenters. The quantitative estimate of drug-likeness (QED) is 0.743. The average molecular weight is 317 g/mol. The highest BCUT2D eigenvalue weighted by Crippen LogP contribution is 2.26. The number of carbonyl (C=O) groups is 1. The maximum atomic E-state index is 12.4. The van der Waals surface area contributed by atoms with E-state index < -0.39 is 0 Å². The minimum Gasteiger partial charge on any atom is -0.322 e. The Kier molecular flexibility index (Phi) is 3.82. The molecule has 0 aliphatic heterocycles. The molecule has 106 valence electrons. The van der Waals surface area contributed by atoms with Crippen molar-refractivity contribution in [3.63, 3.8) is 0 Å². The van der Waals surface area contributed by atoms with Crippen molar-refractivity contribution < 1.29 is 4.79 Å². The summed E-state index contributed by atoms with van der Waals surface area (Å²) < 4.78 is 1.92. The first-order valence-electron chi connectivity index (χ1n) is 6.43. The van der Waals surface area contributed by atoms with Gasteiger partial charge in [0, 0.05) is 17.4 Å². The molecule has 21 heavy (non-hydrogen) atoms. The zero-order chi connectivity index (χ0) is 14.8. The molecule has 0 aliphatic carbocycles. The van der Waals surface area contributed by atoms with E-state index >= 15 is 0 Å². The second-order valence-electron chi connectivity index (χ2n) is 4.64.